The Morgan fingerprint density at radius 3 is 2.35 bits per heavy atom. The third-order valence-electron chi connectivity index (χ3n) is 5.54. The quantitative estimate of drug-likeness (QED) is 0.371. The van der Waals surface area contributed by atoms with Gasteiger partial charge in [0.2, 0.25) is 5.91 Å². The van der Waals surface area contributed by atoms with E-state index < -0.39 is 18.0 Å². The monoisotopic (exact) mass is 498 g/mol. The van der Waals surface area contributed by atoms with Gasteiger partial charge in [-0.1, -0.05) is 67.1 Å². The van der Waals surface area contributed by atoms with Crippen molar-refractivity contribution < 1.29 is 14.0 Å². The minimum Gasteiger partial charge on any atom is -0.343 e. The predicted octanol–water partition coefficient (Wildman–Crippen LogP) is 5.80. The Balaban J connectivity index is 1.87. The molecule has 0 aliphatic rings. The summed E-state index contributed by atoms with van der Waals surface area (Å²) in [6.45, 7) is 2.07. The highest BCUT2D eigenvalue weighted by atomic mass is 35.5. The molecule has 0 saturated heterocycles. The number of hydrogen-bond donors (Lipinski definition) is 2. The molecule has 3 aromatic carbocycles. The van der Waals surface area contributed by atoms with E-state index in [1.165, 1.54) is 12.1 Å². The first kappa shape index (κ1) is 25.8. The minimum absolute atomic E-state index is 0.308. The molecule has 3 aromatic rings. The van der Waals surface area contributed by atoms with E-state index in [0.717, 1.165) is 17.5 Å². The van der Waals surface area contributed by atoms with Gasteiger partial charge in [0, 0.05) is 0 Å². The third-order valence-corrected chi connectivity index (χ3v) is 6.51. The molecule has 0 bridgehead atoms. The number of rotatable bonds is 10. The lowest BCUT2D eigenvalue weighted by molar-refractivity contribution is -0.123. The SMILES string of the molecule is CCc1ccc(C(NC(=O)C(CCSC)NC(=O)c2ccccc2Cl)c2cccc(F)c2)cc1. The van der Waals surface area contributed by atoms with E-state index in [4.69, 9.17) is 11.6 Å². The maximum Gasteiger partial charge on any atom is 0.253 e. The van der Waals surface area contributed by atoms with Crippen molar-refractivity contribution >= 4 is 35.2 Å². The number of aryl methyl sites for hydroxylation is 1. The van der Waals surface area contributed by atoms with Crippen molar-refractivity contribution in [2.24, 2.45) is 0 Å². The van der Waals surface area contributed by atoms with Crippen LogP contribution in [0.25, 0.3) is 0 Å². The predicted molar refractivity (Wildman–Crippen MR) is 138 cm³/mol. The lowest BCUT2D eigenvalue weighted by atomic mass is 9.96. The number of carbonyl (C=O) groups excluding carboxylic acids is 2. The van der Waals surface area contributed by atoms with Gasteiger partial charge in [-0.2, -0.15) is 11.8 Å². The first-order valence-corrected chi connectivity index (χ1v) is 12.9. The lowest BCUT2D eigenvalue weighted by Crippen LogP contribution is -2.48. The van der Waals surface area contributed by atoms with Crippen LogP contribution in [-0.4, -0.2) is 29.9 Å². The van der Waals surface area contributed by atoms with Gasteiger partial charge in [-0.3, -0.25) is 9.59 Å². The molecule has 2 unspecified atom stereocenters. The standard InChI is InChI=1S/C27H28ClFN2O2S/c1-3-18-11-13-19(14-12-18)25(20-7-6-8-21(29)17-20)31-27(33)24(15-16-34-2)30-26(32)22-9-4-5-10-23(22)28/h4-14,17,24-25H,3,15-16H2,1-2H3,(H,30,32)(H,31,33). The van der Waals surface area contributed by atoms with Crippen LogP contribution >= 0.6 is 23.4 Å². The highest BCUT2D eigenvalue weighted by Gasteiger charge is 2.26. The van der Waals surface area contributed by atoms with Crippen LogP contribution in [0.1, 0.15) is 46.4 Å². The molecule has 0 aromatic heterocycles. The third kappa shape index (κ3) is 6.84. The summed E-state index contributed by atoms with van der Waals surface area (Å²) in [5.41, 5.74) is 2.93. The molecule has 7 heteroatoms. The van der Waals surface area contributed by atoms with E-state index in [2.05, 4.69) is 17.6 Å². The van der Waals surface area contributed by atoms with Gasteiger partial charge < -0.3 is 10.6 Å². The molecule has 34 heavy (non-hydrogen) atoms. The van der Waals surface area contributed by atoms with Gasteiger partial charge in [-0.05, 0) is 65.8 Å². The van der Waals surface area contributed by atoms with Crippen LogP contribution in [-0.2, 0) is 11.2 Å². The number of nitrogens with one attached hydrogen (secondary N) is 2. The van der Waals surface area contributed by atoms with Crippen molar-refractivity contribution in [3.8, 4) is 0 Å². The van der Waals surface area contributed by atoms with Gasteiger partial charge in [-0.25, -0.2) is 4.39 Å². The summed E-state index contributed by atoms with van der Waals surface area (Å²) in [4.78, 5) is 26.3. The fraction of sp³-hybridized carbons (Fsp3) is 0.259. The minimum atomic E-state index is -0.776. The molecular formula is C27H28ClFN2O2S. The first-order chi connectivity index (χ1) is 16.4. The van der Waals surface area contributed by atoms with Crippen molar-refractivity contribution in [1.82, 2.24) is 10.6 Å². The highest BCUT2D eigenvalue weighted by Crippen LogP contribution is 2.24. The lowest BCUT2D eigenvalue weighted by Gasteiger charge is -2.24. The van der Waals surface area contributed by atoms with Crippen LogP contribution in [0.4, 0.5) is 4.39 Å². The summed E-state index contributed by atoms with van der Waals surface area (Å²) < 4.78 is 14.0. The molecule has 4 nitrogen and oxygen atoms in total. The van der Waals surface area contributed by atoms with E-state index in [1.807, 2.05) is 30.5 Å². The van der Waals surface area contributed by atoms with Crippen molar-refractivity contribution in [2.75, 3.05) is 12.0 Å². The smallest absolute Gasteiger partial charge is 0.253 e. The Morgan fingerprint density at radius 2 is 1.71 bits per heavy atom. The molecule has 0 radical (unpaired) electrons. The maximum absolute atomic E-state index is 14.0. The van der Waals surface area contributed by atoms with Gasteiger partial charge in [0.15, 0.2) is 0 Å². The number of hydrogen-bond acceptors (Lipinski definition) is 3. The second-order valence-electron chi connectivity index (χ2n) is 7.88. The molecule has 0 aliphatic heterocycles. The van der Waals surface area contributed by atoms with Crippen LogP contribution < -0.4 is 10.6 Å². The van der Waals surface area contributed by atoms with Crippen LogP contribution in [0.3, 0.4) is 0 Å². The fourth-order valence-electron chi connectivity index (χ4n) is 3.62. The Labute approximate surface area is 209 Å². The van der Waals surface area contributed by atoms with Crippen LogP contribution in [0, 0.1) is 5.82 Å². The second-order valence-corrected chi connectivity index (χ2v) is 9.27. The van der Waals surface area contributed by atoms with Crippen LogP contribution in [0.2, 0.25) is 5.02 Å². The van der Waals surface area contributed by atoms with E-state index >= 15 is 0 Å². The normalized spacial score (nSPS) is 12.6. The molecule has 2 N–H and O–H groups in total. The fourth-order valence-corrected chi connectivity index (χ4v) is 4.31. The van der Waals surface area contributed by atoms with Crippen LogP contribution in [0.15, 0.2) is 72.8 Å². The summed E-state index contributed by atoms with van der Waals surface area (Å²) in [6.07, 6.45) is 3.27. The average Bonchev–Trinajstić information content (AvgIpc) is 2.85. The highest BCUT2D eigenvalue weighted by molar-refractivity contribution is 7.98. The van der Waals surface area contributed by atoms with Crippen molar-refractivity contribution in [2.45, 2.75) is 31.8 Å². The summed E-state index contributed by atoms with van der Waals surface area (Å²) in [5.74, 6) is -0.464. The molecule has 0 heterocycles. The van der Waals surface area contributed by atoms with Crippen molar-refractivity contribution in [1.29, 1.82) is 0 Å². The number of halogens is 2. The number of thioether (sulfide) groups is 1. The molecule has 0 saturated carbocycles. The Hall–Kier alpha value is -2.83. The van der Waals surface area contributed by atoms with Crippen molar-refractivity contribution in [3.63, 3.8) is 0 Å². The summed E-state index contributed by atoms with van der Waals surface area (Å²) in [5, 5.41) is 6.17. The second kappa shape index (κ2) is 12.6. The molecule has 2 atom stereocenters. The molecule has 0 spiro atoms. The van der Waals surface area contributed by atoms with Gasteiger partial charge in [0.05, 0.1) is 16.6 Å². The first-order valence-electron chi connectivity index (χ1n) is 11.1. The Kier molecular flexibility index (Phi) is 9.54. The van der Waals surface area contributed by atoms with Gasteiger partial charge in [0.1, 0.15) is 11.9 Å². The zero-order valence-electron chi connectivity index (χ0n) is 19.2. The van der Waals surface area contributed by atoms with Gasteiger partial charge in [-0.15, -0.1) is 0 Å². The van der Waals surface area contributed by atoms with E-state index in [0.29, 0.717) is 28.3 Å². The van der Waals surface area contributed by atoms with Gasteiger partial charge >= 0.3 is 0 Å². The Morgan fingerprint density at radius 1 is 0.971 bits per heavy atom. The topological polar surface area (TPSA) is 58.2 Å². The zero-order chi connectivity index (χ0) is 24.5. The maximum atomic E-state index is 14.0. The molecule has 0 aliphatic carbocycles. The zero-order valence-corrected chi connectivity index (χ0v) is 20.8. The molecule has 178 valence electrons. The number of carbonyl (C=O) groups is 2. The van der Waals surface area contributed by atoms with E-state index in [-0.39, 0.29) is 11.7 Å². The molecular weight excluding hydrogens is 471 g/mol. The number of benzene rings is 3. The molecule has 3 rings (SSSR count). The average molecular weight is 499 g/mol. The molecule has 2 amide bonds. The van der Waals surface area contributed by atoms with Crippen molar-refractivity contribution in [3.05, 3.63) is 106 Å². The largest absolute Gasteiger partial charge is 0.343 e. The summed E-state index contributed by atoms with van der Waals surface area (Å²) >= 11 is 7.75. The molecule has 0 fully saturated rings. The number of amides is 2. The Bertz CT molecular complexity index is 1120. The van der Waals surface area contributed by atoms with Gasteiger partial charge in [0.25, 0.3) is 5.91 Å². The van der Waals surface area contributed by atoms with E-state index in [9.17, 15) is 14.0 Å². The van der Waals surface area contributed by atoms with Crippen LogP contribution in [0.5, 0.6) is 0 Å². The summed E-state index contributed by atoms with van der Waals surface area (Å²) in [6, 6.07) is 19.4. The summed E-state index contributed by atoms with van der Waals surface area (Å²) in [7, 11) is 0. The van der Waals surface area contributed by atoms with E-state index in [1.54, 1.807) is 48.2 Å².